The lowest BCUT2D eigenvalue weighted by molar-refractivity contribution is 0.0542. The summed E-state index contributed by atoms with van der Waals surface area (Å²) in [5, 5.41) is 12.3. The normalized spacial score (nSPS) is 17.6. The number of aliphatic hydroxyl groups is 1. The molecule has 5 heteroatoms. The topological polar surface area (TPSA) is 52.6 Å². The van der Waals surface area contributed by atoms with E-state index in [9.17, 15) is 14.3 Å². The highest BCUT2D eigenvalue weighted by molar-refractivity contribution is 5.89. The van der Waals surface area contributed by atoms with Crippen LogP contribution in [0.5, 0.6) is 0 Å². The van der Waals surface area contributed by atoms with Crippen LogP contribution in [0.2, 0.25) is 0 Å². The Kier molecular flexibility index (Phi) is 4.83. The van der Waals surface area contributed by atoms with E-state index in [-0.39, 0.29) is 23.9 Å². The van der Waals surface area contributed by atoms with Gasteiger partial charge in [-0.2, -0.15) is 0 Å². The number of carbonyl (C=O) groups excluding carboxylic acids is 1. The Morgan fingerprint density at radius 3 is 2.62 bits per heavy atom. The number of anilines is 1. The van der Waals surface area contributed by atoms with Crippen molar-refractivity contribution in [3.63, 3.8) is 0 Å². The average Bonchev–Trinajstić information content (AvgIpc) is 2.51. The third kappa shape index (κ3) is 3.53. The molecule has 0 spiro atoms. The van der Waals surface area contributed by atoms with Crippen molar-refractivity contribution in [1.29, 1.82) is 0 Å². The van der Waals surface area contributed by atoms with Gasteiger partial charge in [-0.05, 0) is 55.4 Å². The van der Waals surface area contributed by atoms with Gasteiger partial charge in [0, 0.05) is 25.4 Å². The van der Waals surface area contributed by atoms with Gasteiger partial charge < -0.3 is 15.3 Å². The van der Waals surface area contributed by atoms with Crippen LogP contribution in [0.15, 0.2) is 18.2 Å². The Morgan fingerprint density at radius 1 is 1.43 bits per heavy atom. The van der Waals surface area contributed by atoms with Gasteiger partial charge in [-0.3, -0.25) is 0 Å². The first-order chi connectivity index (χ1) is 9.99. The van der Waals surface area contributed by atoms with E-state index in [1.807, 2.05) is 0 Å². The van der Waals surface area contributed by atoms with Crippen LogP contribution < -0.4 is 5.32 Å². The second kappa shape index (κ2) is 6.43. The molecule has 0 saturated carbocycles. The monoisotopic (exact) mass is 294 g/mol. The molecule has 1 aromatic carbocycles. The number of hydrogen-bond acceptors (Lipinski definition) is 2. The van der Waals surface area contributed by atoms with Crippen molar-refractivity contribution < 1.29 is 14.3 Å². The molecule has 116 valence electrons. The second-order valence-electron chi connectivity index (χ2n) is 5.89. The molecule has 1 aliphatic rings. The molecule has 1 fully saturated rings. The molecule has 0 bridgehead atoms. The van der Waals surface area contributed by atoms with Crippen molar-refractivity contribution in [3.05, 3.63) is 29.6 Å². The first-order valence-corrected chi connectivity index (χ1v) is 7.42. The van der Waals surface area contributed by atoms with Gasteiger partial charge in [0.1, 0.15) is 5.82 Å². The van der Waals surface area contributed by atoms with E-state index < -0.39 is 0 Å². The number of carbonyl (C=O) groups is 1. The number of aliphatic hydroxyl groups excluding tert-OH is 1. The molecule has 2 amide bonds. The van der Waals surface area contributed by atoms with Crippen LogP contribution >= 0.6 is 0 Å². The Morgan fingerprint density at radius 2 is 2.10 bits per heavy atom. The van der Waals surface area contributed by atoms with Gasteiger partial charge >= 0.3 is 6.03 Å². The maximum absolute atomic E-state index is 13.2. The Balaban J connectivity index is 1.94. The van der Waals surface area contributed by atoms with Crippen LogP contribution in [0, 0.1) is 18.2 Å². The molecular formula is C16H23FN2O2. The largest absolute Gasteiger partial charge is 0.396 e. The van der Waals surface area contributed by atoms with Gasteiger partial charge in [-0.25, -0.2) is 9.18 Å². The first kappa shape index (κ1) is 15.8. The third-order valence-corrected chi connectivity index (χ3v) is 4.61. The Bertz CT molecular complexity index is 505. The van der Waals surface area contributed by atoms with Crippen molar-refractivity contribution in [2.24, 2.45) is 5.41 Å². The second-order valence-corrected chi connectivity index (χ2v) is 5.89. The molecule has 0 unspecified atom stereocenters. The van der Waals surface area contributed by atoms with Gasteiger partial charge in [-0.1, -0.05) is 6.92 Å². The molecular weight excluding hydrogens is 271 g/mol. The standard InChI is InChI=1S/C16H23FN2O2/c1-3-16(11-20)6-8-19(9-7-16)15(21)18-13-4-5-14(17)12(2)10-13/h4-5,10,20H,3,6-9,11H2,1-2H3,(H,18,21). The van der Waals surface area contributed by atoms with Crippen LogP contribution in [0.1, 0.15) is 31.7 Å². The highest BCUT2D eigenvalue weighted by Gasteiger charge is 2.33. The number of likely N-dealkylation sites (tertiary alicyclic amines) is 1. The minimum atomic E-state index is -0.276. The third-order valence-electron chi connectivity index (χ3n) is 4.61. The van der Waals surface area contributed by atoms with Crippen LogP contribution in [0.25, 0.3) is 0 Å². The lowest BCUT2D eigenvalue weighted by Crippen LogP contribution is -2.46. The summed E-state index contributed by atoms with van der Waals surface area (Å²) in [4.78, 5) is 14.0. The average molecular weight is 294 g/mol. The summed E-state index contributed by atoms with van der Waals surface area (Å²) >= 11 is 0. The summed E-state index contributed by atoms with van der Waals surface area (Å²) in [5.41, 5.74) is 1.08. The number of rotatable bonds is 3. The maximum atomic E-state index is 13.2. The number of nitrogens with zero attached hydrogens (tertiary/aromatic N) is 1. The zero-order valence-corrected chi connectivity index (χ0v) is 12.7. The van der Waals surface area contributed by atoms with Gasteiger partial charge in [0.2, 0.25) is 0 Å². The number of nitrogens with one attached hydrogen (secondary N) is 1. The maximum Gasteiger partial charge on any atom is 0.321 e. The summed E-state index contributed by atoms with van der Waals surface area (Å²) in [5.74, 6) is -0.276. The van der Waals surface area contributed by atoms with E-state index in [4.69, 9.17) is 0 Å². The molecule has 1 saturated heterocycles. The van der Waals surface area contributed by atoms with E-state index in [2.05, 4.69) is 12.2 Å². The zero-order chi connectivity index (χ0) is 15.5. The number of urea groups is 1. The smallest absolute Gasteiger partial charge is 0.321 e. The summed E-state index contributed by atoms with van der Waals surface area (Å²) in [7, 11) is 0. The van der Waals surface area contributed by atoms with Crippen molar-refractivity contribution >= 4 is 11.7 Å². The van der Waals surface area contributed by atoms with Gasteiger partial charge in [0.15, 0.2) is 0 Å². The first-order valence-electron chi connectivity index (χ1n) is 7.42. The highest BCUT2D eigenvalue weighted by atomic mass is 19.1. The number of halogens is 1. The molecule has 0 radical (unpaired) electrons. The number of amides is 2. The number of piperidine rings is 1. The van der Waals surface area contributed by atoms with E-state index in [1.54, 1.807) is 24.0 Å². The molecule has 2 N–H and O–H groups in total. The van der Waals surface area contributed by atoms with Crippen molar-refractivity contribution in [2.75, 3.05) is 25.0 Å². The van der Waals surface area contributed by atoms with Gasteiger partial charge in [0.25, 0.3) is 0 Å². The molecule has 1 heterocycles. The van der Waals surface area contributed by atoms with E-state index in [1.165, 1.54) is 6.07 Å². The Hall–Kier alpha value is -1.62. The van der Waals surface area contributed by atoms with E-state index >= 15 is 0 Å². The summed E-state index contributed by atoms with van der Waals surface area (Å²) in [6.07, 6.45) is 2.56. The molecule has 1 aliphatic heterocycles. The fourth-order valence-corrected chi connectivity index (χ4v) is 2.73. The number of benzene rings is 1. The van der Waals surface area contributed by atoms with Crippen LogP contribution in [-0.2, 0) is 0 Å². The Labute approximate surface area is 125 Å². The minimum absolute atomic E-state index is 0.0384. The molecule has 0 atom stereocenters. The van der Waals surface area contributed by atoms with Gasteiger partial charge in [0.05, 0.1) is 0 Å². The lowest BCUT2D eigenvalue weighted by Gasteiger charge is -2.40. The minimum Gasteiger partial charge on any atom is -0.396 e. The summed E-state index contributed by atoms with van der Waals surface area (Å²) < 4.78 is 13.2. The van der Waals surface area contributed by atoms with E-state index in [0.29, 0.717) is 24.3 Å². The summed E-state index contributed by atoms with van der Waals surface area (Å²) in [6.45, 7) is 5.20. The lowest BCUT2D eigenvalue weighted by atomic mass is 9.77. The summed E-state index contributed by atoms with van der Waals surface area (Å²) in [6, 6.07) is 4.38. The van der Waals surface area contributed by atoms with Crippen LogP contribution in [0.3, 0.4) is 0 Å². The zero-order valence-electron chi connectivity index (χ0n) is 12.7. The molecule has 1 aromatic rings. The van der Waals surface area contributed by atoms with E-state index in [0.717, 1.165) is 19.3 Å². The number of aryl methyl sites for hydroxylation is 1. The highest BCUT2D eigenvalue weighted by Crippen LogP contribution is 2.34. The predicted octanol–water partition coefficient (Wildman–Crippen LogP) is 3.15. The van der Waals surface area contributed by atoms with Crippen LogP contribution in [-0.4, -0.2) is 35.7 Å². The van der Waals surface area contributed by atoms with Crippen LogP contribution in [0.4, 0.5) is 14.9 Å². The molecule has 0 aromatic heterocycles. The fraction of sp³-hybridized carbons (Fsp3) is 0.562. The number of hydrogen-bond donors (Lipinski definition) is 2. The molecule has 0 aliphatic carbocycles. The quantitative estimate of drug-likeness (QED) is 0.899. The molecule has 21 heavy (non-hydrogen) atoms. The fourth-order valence-electron chi connectivity index (χ4n) is 2.73. The predicted molar refractivity (Wildman–Crippen MR) is 80.8 cm³/mol. The van der Waals surface area contributed by atoms with Crippen molar-refractivity contribution in [3.8, 4) is 0 Å². The SMILES string of the molecule is CCC1(CO)CCN(C(=O)Nc2ccc(F)c(C)c2)CC1. The molecule has 2 rings (SSSR count). The van der Waals surface area contributed by atoms with Crippen molar-refractivity contribution in [2.45, 2.75) is 33.1 Å². The van der Waals surface area contributed by atoms with Gasteiger partial charge in [-0.15, -0.1) is 0 Å². The van der Waals surface area contributed by atoms with Crippen molar-refractivity contribution in [1.82, 2.24) is 4.90 Å². The molecule has 4 nitrogen and oxygen atoms in total.